The van der Waals surface area contributed by atoms with Gasteiger partial charge in [-0.3, -0.25) is 4.79 Å². The summed E-state index contributed by atoms with van der Waals surface area (Å²) in [5.74, 6) is 0.209. The van der Waals surface area contributed by atoms with Crippen LogP contribution in [0.25, 0.3) is 0 Å². The molecule has 0 bridgehead atoms. The average Bonchev–Trinajstić information content (AvgIpc) is 2.76. The number of aryl methyl sites for hydroxylation is 1. The van der Waals surface area contributed by atoms with Gasteiger partial charge in [0.25, 0.3) is 5.91 Å². The summed E-state index contributed by atoms with van der Waals surface area (Å²) < 4.78 is 5.54. The number of nitrogens with one attached hydrogen (secondary N) is 1. The summed E-state index contributed by atoms with van der Waals surface area (Å²) in [5.41, 5.74) is 5.82. The summed E-state index contributed by atoms with van der Waals surface area (Å²) in [6, 6.07) is 17.4. The van der Waals surface area contributed by atoms with Gasteiger partial charge in [0.15, 0.2) is 6.61 Å². The van der Waals surface area contributed by atoms with Crippen molar-refractivity contribution in [2.75, 3.05) is 6.61 Å². The normalized spacial score (nSPS) is 11.2. The van der Waals surface area contributed by atoms with Gasteiger partial charge in [0.2, 0.25) is 0 Å². The summed E-state index contributed by atoms with van der Waals surface area (Å²) in [6.45, 7) is 3.72. The van der Waals surface area contributed by atoms with Gasteiger partial charge in [-0.1, -0.05) is 35.9 Å². The van der Waals surface area contributed by atoms with Crippen molar-refractivity contribution in [1.82, 2.24) is 5.43 Å². The maximum absolute atomic E-state index is 12.0. The molecule has 2 N–H and O–H groups in total. The molecule has 0 unspecified atom stereocenters. The number of ether oxygens (including phenoxy) is 1. The van der Waals surface area contributed by atoms with E-state index in [2.05, 4.69) is 20.8 Å². The van der Waals surface area contributed by atoms with Crippen molar-refractivity contribution < 1.29 is 14.6 Å². The molecule has 1 amide bonds. The highest BCUT2D eigenvalue weighted by atomic mass is 35.5. The van der Waals surface area contributed by atoms with E-state index in [-0.39, 0.29) is 12.4 Å². The molecule has 8 heteroatoms. The second kappa shape index (κ2) is 10.4. The summed E-state index contributed by atoms with van der Waals surface area (Å²) in [5, 5.41) is 22.6. The Labute approximate surface area is 185 Å². The Balaban J connectivity index is 1.60. The number of hydrazone groups is 1. The van der Waals surface area contributed by atoms with Crippen LogP contribution >= 0.6 is 11.6 Å². The summed E-state index contributed by atoms with van der Waals surface area (Å²) >= 11 is 6.06. The number of benzene rings is 3. The van der Waals surface area contributed by atoms with Crippen LogP contribution in [0.1, 0.15) is 16.7 Å². The van der Waals surface area contributed by atoms with Crippen LogP contribution < -0.4 is 10.2 Å². The maximum atomic E-state index is 12.0. The summed E-state index contributed by atoms with van der Waals surface area (Å²) in [4.78, 5) is 12.0. The molecular weight excluding hydrogens is 416 g/mol. The second-order valence-electron chi connectivity index (χ2n) is 6.67. The lowest BCUT2D eigenvalue weighted by Gasteiger charge is -2.09. The van der Waals surface area contributed by atoms with Gasteiger partial charge in [-0.05, 0) is 61.4 Å². The lowest BCUT2D eigenvalue weighted by atomic mass is 10.1. The van der Waals surface area contributed by atoms with Gasteiger partial charge >= 0.3 is 0 Å². The van der Waals surface area contributed by atoms with Crippen molar-refractivity contribution in [1.29, 1.82) is 0 Å². The number of phenolic OH excluding ortho intramolecular Hbond substituents is 1. The molecule has 0 aromatic heterocycles. The number of rotatable bonds is 7. The predicted octanol–water partition coefficient (Wildman–Crippen LogP) is 5.61. The summed E-state index contributed by atoms with van der Waals surface area (Å²) in [6.07, 6.45) is 1.32. The predicted molar refractivity (Wildman–Crippen MR) is 121 cm³/mol. The van der Waals surface area contributed by atoms with E-state index in [0.29, 0.717) is 27.7 Å². The zero-order valence-electron chi connectivity index (χ0n) is 17.0. The Kier molecular flexibility index (Phi) is 7.35. The quantitative estimate of drug-likeness (QED) is 0.286. The van der Waals surface area contributed by atoms with E-state index in [1.807, 2.05) is 32.0 Å². The van der Waals surface area contributed by atoms with Crippen LogP contribution in [-0.4, -0.2) is 23.8 Å². The van der Waals surface area contributed by atoms with Crippen molar-refractivity contribution >= 4 is 35.1 Å². The van der Waals surface area contributed by atoms with Crippen molar-refractivity contribution in [3.63, 3.8) is 0 Å². The molecule has 0 spiro atoms. The van der Waals surface area contributed by atoms with Crippen LogP contribution in [0.2, 0.25) is 5.02 Å². The van der Waals surface area contributed by atoms with Gasteiger partial charge in [-0.2, -0.15) is 10.2 Å². The topological polar surface area (TPSA) is 95.6 Å². The molecule has 0 saturated heterocycles. The minimum Gasteiger partial charge on any atom is -0.507 e. The number of carbonyl (C=O) groups is 1. The average molecular weight is 437 g/mol. The van der Waals surface area contributed by atoms with Crippen LogP contribution in [0.5, 0.6) is 11.5 Å². The first-order valence-electron chi connectivity index (χ1n) is 9.44. The van der Waals surface area contributed by atoms with Gasteiger partial charge in [0.05, 0.1) is 16.9 Å². The van der Waals surface area contributed by atoms with Crippen molar-refractivity contribution in [2.24, 2.45) is 15.3 Å². The van der Waals surface area contributed by atoms with E-state index < -0.39 is 5.91 Å². The highest BCUT2D eigenvalue weighted by molar-refractivity contribution is 6.32. The number of carbonyl (C=O) groups excluding carboxylic acids is 1. The molecule has 0 fully saturated rings. The van der Waals surface area contributed by atoms with Gasteiger partial charge in [0.1, 0.15) is 17.2 Å². The zero-order valence-corrected chi connectivity index (χ0v) is 17.8. The molecule has 7 nitrogen and oxygen atoms in total. The lowest BCUT2D eigenvalue weighted by Crippen LogP contribution is -2.24. The molecule has 0 aliphatic heterocycles. The number of aromatic hydroxyl groups is 1. The first kappa shape index (κ1) is 22.0. The van der Waals surface area contributed by atoms with Crippen molar-refractivity contribution in [3.05, 3.63) is 82.4 Å². The molecule has 0 saturated carbocycles. The SMILES string of the molecule is Cc1cccc(OCC(=O)NN=Cc2cc(N=Nc3ccccc3Cl)ccc2O)c1C. The number of hydrogen-bond donors (Lipinski definition) is 2. The largest absolute Gasteiger partial charge is 0.507 e. The standard InChI is InChI=1S/C23H21ClN4O3/c1-15-6-5-9-22(16(15)2)31-14-23(30)28-25-13-17-12-18(10-11-21(17)29)26-27-20-8-4-3-7-19(20)24/h3-13,29H,14H2,1-2H3,(H,28,30). The molecule has 0 atom stereocenters. The van der Waals surface area contributed by atoms with E-state index in [4.69, 9.17) is 16.3 Å². The Morgan fingerprint density at radius 2 is 1.90 bits per heavy atom. The van der Waals surface area contributed by atoms with Gasteiger partial charge in [-0.15, -0.1) is 5.11 Å². The molecular formula is C23H21ClN4O3. The fourth-order valence-electron chi connectivity index (χ4n) is 2.58. The van der Waals surface area contributed by atoms with Crippen molar-refractivity contribution in [2.45, 2.75) is 13.8 Å². The molecule has 3 aromatic carbocycles. The Morgan fingerprint density at radius 3 is 2.71 bits per heavy atom. The van der Waals surface area contributed by atoms with E-state index in [0.717, 1.165) is 11.1 Å². The fourth-order valence-corrected chi connectivity index (χ4v) is 2.76. The van der Waals surface area contributed by atoms with Crippen molar-refractivity contribution in [3.8, 4) is 11.5 Å². The number of nitrogens with zero attached hydrogens (tertiary/aromatic N) is 3. The molecule has 0 aliphatic carbocycles. The number of phenols is 1. The minimum atomic E-state index is -0.425. The van der Waals surface area contributed by atoms with E-state index in [1.165, 1.54) is 12.3 Å². The molecule has 158 valence electrons. The van der Waals surface area contributed by atoms with Crippen LogP contribution in [0.4, 0.5) is 11.4 Å². The molecule has 3 rings (SSSR count). The molecule has 0 aliphatic rings. The van der Waals surface area contributed by atoms with E-state index >= 15 is 0 Å². The number of halogens is 1. The fraction of sp³-hybridized carbons (Fsp3) is 0.130. The maximum Gasteiger partial charge on any atom is 0.277 e. The second-order valence-corrected chi connectivity index (χ2v) is 7.08. The third kappa shape index (κ3) is 6.13. The van der Waals surface area contributed by atoms with Gasteiger partial charge in [-0.25, -0.2) is 5.43 Å². The number of azo groups is 1. The highest BCUT2D eigenvalue weighted by Gasteiger charge is 2.06. The van der Waals surface area contributed by atoms with Gasteiger partial charge in [0, 0.05) is 5.56 Å². The van der Waals surface area contributed by atoms with Gasteiger partial charge < -0.3 is 9.84 Å². The Morgan fingerprint density at radius 1 is 1.10 bits per heavy atom. The lowest BCUT2D eigenvalue weighted by molar-refractivity contribution is -0.123. The van der Waals surface area contributed by atoms with Crippen LogP contribution in [0.15, 0.2) is 76.0 Å². The smallest absolute Gasteiger partial charge is 0.277 e. The molecule has 3 aromatic rings. The first-order chi connectivity index (χ1) is 14.9. The summed E-state index contributed by atoms with van der Waals surface area (Å²) in [7, 11) is 0. The Hall–Kier alpha value is -3.71. The van der Waals surface area contributed by atoms with Crippen LogP contribution in [-0.2, 0) is 4.79 Å². The third-order valence-corrected chi connectivity index (χ3v) is 4.76. The molecule has 0 radical (unpaired) electrons. The first-order valence-corrected chi connectivity index (χ1v) is 9.82. The molecule has 31 heavy (non-hydrogen) atoms. The van der Waals surface area contributed by atoms with E-state index in [1.54, 1.807) is 36.4 Å². The molecule has 0 heterocycles. The zero-order chi connectivity index (χ0) is 22.2. The Bertz CT molecular complexity index is 1150. The number of hydrogen-bond acceptors (Lipinski definition) is 6. The number of amides is 1. The van der Waals surface area contributed by atoms with Crippen LogP contribution in [0.3, 0.4) is 0 Å². The van der Waals surface area contributed by atoms with E-state index in [9.17, 15) is 9.90 Å². The highest BCUT2D eigenvalue weighted by Crippen LogP contribution is 2.28. The van der Waals surface area contributed by atoms with Crippen LogP contribution in [0, 0.1) is 13.8 Å². The third-order valence-electron chi connectivity index (χ3n) is 4.44. The monoisotopic (exact) mass is 436 g/mol. The minimum absolute atomic E-state index is 0.0127.